The molecule has 0 radical (unpaired) electrons. The van der Waals surface area contributed by atoms with Gasteiger partial charge in [0.1, 0.15) is 6.10 Å². The van der Waals surface area contributed by atoms with E-state index in [1.165, 1.54) is 11.3 Å². The number of carbonyl (C=O) groups excluding carboxylic acids is 1. The summed E-state index contributed by atoms with van der Waals surface area (Å²) >= 11 is 4.83. The molecule has 1 aliphatic rings. The van der Waals surface area contributed by atoms with Gasteiger partial charge in [-0.15, -0.1) is 11.3 Å². The first-order valence-corrected chi connectivity index (χ1v) is 6.25. The predicted octanol–water partition coefficient (Wildman–Crippen LogP) is 1.44. The zero-order chi connectivity index (χ0) is 10.7. The van der Waals surface area contributed by atoms with Gasteiger partial charge in [-0.1, -0.05) is 0 Å². The molecule has 1 aromatic rings. The molecule has 1 aromatic heterocycles. The van der Waals surface area contributed by atoms with Gasteiger partial charge in [0.15, 0.2) is 0 Å². The van der Waals surface area contributed by atoms with Crippen LogP contribution in [0.5, 0.6) is 0 Å². The fraction of sp³-hybridized carbons (Fsp3) is 0.444. The molecule has 2 heterocycles. The number of morpholine rings is 1. The SMILES string of the molecule is O=C(Nc1ccc(Br)s1)C1CNCCO1. The van der Waals surface area contributed by atoms with Gasteiger partial charge in [0.05, 0.1) is 15.4 Å². The number of carbonyl (C=O) groups is 1. The number of amides is 1. The second-order valence-corrected chi connectivity index (χ2v) is 5.62. The molecule has 1 atom stereocenters. The Balaban J connectivity index is 1.91. The number of thiophene rings is 1. The van der Waals surface area contributed by atoms with Gasteiger partial charge in [0, 0.05) is 13.1 Å². The molecule has 6 heteroatoms. The largest absolute Gasteiger partial charge is 0.366 e. The Kier molecular flexibility index (Phi) is 3.74. The maximum Gasteiger partial charge on any atom is 0.255 e. The average Bonchev–Trinajstić information content (AvgIpc) is 2.65. The summed E-state index contributed by atoms with van der Waals surface area (Å²) in [6, 6.07) is 3.77. The minimum Gasteiger partial charge on any atom is -0.366 e. The minimum absolute atomic E-state index is 0.0865. The number of anilines is 1. The highest BCUT2D eigenvalue weighted by Crippen LogP contribution is 2.26. The lowest BCUT2D eigenvalue weighted by Gasteiger charge is -2.22. The lowest BCUT2D eigenvalue weighted by Crippen LogP contribution is -2.45. The second-order valence-electron chi connectivity index (χ2n) is 3.16. The summed E-state index contributed by atoms with van der Waals surface area (Å²) < 4.78 is 6.34. The highest BCUT2D eigenvalue weighted by molar-refractivity contribution is 9.11. The van der Waals surface area contributed by atoms with E-state index >= 15 is 0 Å². The van der Waals surface area contributed by atoms with E-state index in [9.17, 15) is 4.79 Å². The Labute approximate surface area is 100 Å². The molecule has 0 saturated carbocycles. The quantitative estimate of drug-likeness (QED) is 0.867. The van der Waals surface area contributed by atoms with Gasteiger partial charge in [0.2, 0.25) is 0 Å². The molecule has 0 bridgehead atoms. The van der Waals surface area contributed by atoms with Crippen molar-refractivity contribution in [3.63, 3.8) is 0 Å². The van der Waals surface area contributed by atoms with Crippen molar-refractivity contribution in [2.75, 3.05) is 25.0 Å². The molecule has 2 rings (SSSR count). The third-order valence-electron chi connectivity index (χ3n) is 2.04. The van der Waals surface area contributed by atoms with E-state index in [4.69, 9.17) is 4.74 Å². The van der Waals surface area contributed by atoms with Crippen LogP contribution in [0, 0.1) is 0 Å². The van der Waals surface area contributed by atoms with Crippen LogP contribution in [-0.4, -0.2) is 31.7 Å². The van der Waals surface area contributed by atoms with Gasteiger partial charge in [-0.3, -0.25) is 4.79 Å². The normalized spacial score (nSPS) is 21.3. The van der Waals surface area contributed by atoms with Crippen LogP contribution < -0.4 is 10.6 Å². The van der Waals surface area contributed by atoms with Crippen LogP contribution in [0.15, 0.2) is 15.9 Å². The lowest BCUT2D eigenvalue weighted by molar-refractivity contribution is -0.128. The van der Waals surface area contributed by atoms with E-state index in [-0.39, 0.29) is 12.0 Å². The molecule has 0 aromatic carbocycles. The molecular weight excluding hydrogens is 280 g/mol. The van der Waals surface area contributed by atoms with E-state index in [1.54, 1.807) is 0 Å². The van der Waals surface area contributed by atoms with Gasteiger partial charge < -0.3 is 15.4 Å². The number of hydrogen-bond acceptors (Lipinski definition) is 4. The molecule has 1 aliphatic heterocycles. The van der Waals surface area contributed by atoms with Crippen molar-refractivity contribution in [1.29, 1.82) is 0 Å². The molecule has 4 nitrogen and oxygen atoms in total. The van der Waals surface area contributed by atoms with Crippen LogP contribution in [-0.2, 0) is 9.53 Å². The van der Waals surface area contributed by atoms with Crippen LogP contribution in [0.2, 0.25) is 0 Å². The highest BCUT2D eigenvalue weighted by atomic mass is 79.9. The predicted molar refractivity (Wildman–Crippen MR) is 63.3 cm³/mol. The molecule has 0 aliphatic carbocycles. The number of halogens is 1. The Hall–Kier alpha value is -0.430. The number of nitrogens with one attached hydrogen (secondary N) is 2. The maximum atomic E-state index is 11.7. The molecule has 0 spiro atoms. The van der Waals surface area contributed by atoms with Crippen molar-refractivity contribution in [3.8, 4) is 0 Å². The van der Waals surface area contributed by atoms with Crippen LogP contribution in [0.1, 0.15) is 0 Å². The van der Waals surface area contributed by atoms with E-state index in [2.05, 4.69) is 26.6 Å². The summed E-state index contributed by atoms with van der Waals surface area (Å²) in [6.07, 6.45) is -0.375. The fourth-order valence-electron chi connectivity index (χ4n) is 1.32. The van der Waals surface area contributed by atoms with Crippen molar-refractivity contribution < 1.29 is 9.53 Å². The van der Waals surface area contributed by atoms with E-state index in [1.807, 2.05) is 12.1 Å². The molecule has 15 heavy (non-hydrogen) atoms. The van der Waals surface area contributed by atoms with Crippen molar-refractivity contribution in [3.05, 3.63) is 15.9 Å². The van der Waals surface area contributed by atoms with Crippen molar-refractivity contribution in [2.24, 2.45) is 0 Å². The van der Waals surface area contributed by atoms with Crippen molar-refractivity contribution in [1.82, 2.24) is 5.32 Å². The summed E-state index contributed by atoms with van der Waals surface area (Å²) in [6.45, 7) is 1.99. The van der Waals surface area contributed by atoms with Gasteiger partial charge in [0.25, 0.3) is 5.91 Å². The third-order valence-corrected chi connectivity index (χ3v) is 3.58. The minimum atomic E-state index is -0.375. The van der Waals surface area contributed by atoms with Crippen LogP contribution in [0.3, 0.4) is 0 Å². The number of hydrogen-bond donors (Lipinski definition) is 2. The maximum absolute atomic E-state index is 11.7. The van der Waals surface area contributed by atoms with Gasteiger partial charge in [-0.25, -0.2) is 0 Å². The summed E-state index contributed by atoms with van der Waals surface area (Å²) in [5, 5.41) is 6.77. The molecular formula is C9H11BrN2O2S. The highest BCUT2D eigenvalue weighted by Gasteiger charge is 2.21. The van der Waals surface area contributed by atoms with E-state index in [0.717, 1.165) is 15.3 Å². The lowest BCUT2D eigenvalue weighted by atomic mass is 10.3. The Bertz CT molecular complexity index is 350. The Morgan fingerprint density at radius 3 is 3.13 bits per heavy atom. The van der Waals surface area contributed by atoms with Crippen LogP contribution in [0.4, 0.5) is 5.00 Å². The van der Waals surface area contributed by atoms with E-state index < -0.39 is 0 Å². The summed E-state index contributed by atoms with van der Waals surface area (Å²) in [5.41, 5.74) is 0. The topological polar surface area (TPSA) is 50.4 Å². The van der Waals surface area contributed by atoms with Crippen molar-refractivity contribution in [2.45, 2.75) is 6.10 Å². The molecule has 1 amide bonds. The van der Waals surface area contributed by atoms with Crippen molar-refractivity contribution >= 4 is 38.2 Å². The Morgan fingerprint density at radius 1 is 1.67 bits per heavy atom. The molecule has 1 saturated heterocycles. The average molecular weight is 291 g/mol. The number of rotatable bonds is 2. The molecule has 82 valence electrons. The van der Waals surface area contributed by atoms with E-state index in [0.29, 0.717) is 13.2 Å². The summed E-state index contributed by atoms with van der Waals surface area (Å²) in [5.74, 6) is -0.0865. The third kappa shape index (κ3) is 3.01. The Morgan fingerprint density at radius 2 is 2.53 bits per heavy atom. The van der Waals surface area contributed by atoms with Gasteiger partial charge >= 0.3 is 0 Å². The molecule has 2 N–H and O–H groups in total. The van der Waals surface area contributed by atoms with Gasteiger partial charge in [-0.05, 0) is 28.1 Å². The second kappa shape index (κ2) is 5.07. The zero-order valence-corrected chi connectivity index (χ0v) is 10.4. The zero-order valence-electron chi connectivity index (χ0n) is 7.96. The smallest absolute Gasteiger partial charge is 0.255 e. The van der Waals surface area contributed by atoms with Gasteiger partial charge in [-0.2, -0.15) is 0 Å². The van der Waals surface area contributed by atoms with Crippen LogP contribution in [0.25, 0.3) is 0 Å². The molecule has 1 unspecified atom stereocenters. The fourth-order valence-corrected chi connectivity index (χ4v) is 2.61. The first kappa shape index (κ1) is 11.1. The summed E-state index contributed by atoms with van der Waals surface area (Å²) in [4.78, 5) is 11.7. The van der Waals surface area contributed by atoms with Crippen LogP contribution >= 0.6 is 27.3 Å². The first-order valence-electron chi connectivity index (χ1n) is 4.64. The molecule has 1 fully saturated rings. The monoisotopic (exact) mass is 290 g/mol. The first-order chi connectivity index (χ1) is 7.25. The number of ether oxygens (including phenoxy) is 1. The standard InChI is InChI=1S/C9H11BrN2O2S/c10-7-1-2-8(15-7)12-9(13)6-5-11-3-4-14-6/h1-2,6,11H,3-5H2,(H,12,13). The summed E-state index contributed by atoms with van der Waals surface area (Å²) in [7, 11) is 0.